The second-order valence-electron chi connectivity index (χ2n) is 6.24. The van der Waals surface area contributed by atoms with Gasteiger partial charge in [-0.2, -0.15) is 0 Å². The highest BCUT2D eigenvalue weighted by Crippen LogP contribution is 2.71. The molecule has 0 amide bonds. The molecule has 1 aliphatic rings. The molecule has 1 rings (SSSR count). The van der Waals surface area contributed by atoms with Gasteiger partial charge in [-0.1, -0.05) is 68.2 Å². The van der Waals surface area contributed by atoms with Crippen LogP contribution in [0.2, 0.25) is 0 Å². The van der Waals surface area contributed by atoms with Crippen LogP contribution in [0.15, 0.2) is 22.3 Å². The van der Waals surface area contributed by atoms with Crippen molar-refractivity contribution in [1.29, 1.82) is 0 Å². The van der Waals surface area contributed by atoms with Crippen molar-refractivity contribution in [2.45, 2.75) is 78.8 Å². The number of rotatable bonds is 4. The summed E-state index contributed by atoms with van der Waals surface area (Å²) in [6, 6.07) is 0. The van der Waals surface area contributed by atoms with Crippen molar-refractivity contribution in [2.75, 3.05) is 0 Å². The van der Waals surface area contributed by atoms with Gasteiger partial charge >= 0.3 is 0 Å². The van der Waals surface area contributed by atoms with Gasteiger partial charge in [-0.25, -0.2) is 0 Å². The lowest BCUT2D eigenvalue weighted by molar-refractivity contribution is 0.872. The van der Waals surface area contributed by atoms with E-state index in [9.17, 15) is 0 Å². The first-order valence-corrected chi connectivity index (χ1v) is 10.1. The number of hydrogen-bond donors (Lipinski definition) is 0. The van der Waals surface area contributed by atoms with E-state index in [2.05, 4.69) is 62.3 Å². The summed E-state index contributed by atoms with van der Waals surface area (Å²) in [5.41, 5.74) is 7.91. The highest BCUT2D eigenvalue weighted by Gasteiger charge is 2.29. The standard InChI is InChI=1S/C16H29P2/c1-10(2)18(11(3)4)17-16(9)14(7)12(5)13(6)15(16)8/h10-11H,1-9H3/q-1. The van der Waals surface area contributed by atoms with Crippen LogP contribution in [0, 0.1) is 0 Å². The van der Waals surface area contributed by atoms with Crippen molar-refractivity contribution in [1.82, 2.24) is 0 Å². The molecule has 2 heteroatoms. The van der Waals surface area contributed by atoms with Crippen LogP contribution in [0.4, 0.5) is 0 Å². The molecule has 1 aliphatic carbocycles. The summed E-state index contributed by atoms with van der Waals surface area (Å²) in [6.07, 6.45) is 0. The Kier molecular flexibility index (Phi) is 5.25. The smallest absolute Gasteiger partial charge is 0.0396 e. The zero-order valence-corrected chi connectivity index (χ0v) is 15.3. The van der Waals surface area contributed by atoms with Crippen LogP contribution in [0.25, 0.3) is 0 Å². The molecule has 0 N–H and O–H groups in total. The molecule has 0 heterocycles. The third-order valence-corrected chi connectivity index (χ3v) is 12.6. The van der Waals surface area contributed by atoms with E-state index in [1.165, 1.54) is 11.1 Å². The maximum absolute atomic E-state index is 2.46. The van der Waals surface area contributed by atoms with Gasteiger partial charge in [-0.15, -0.1) is 5.16 Å². The average Bonchev–Trinajstić information content (AvgIpc) is 2.42. The molecule has 18 heavy (non-hydrogen) atoms. The molecule has 0 saturated carbocycles. The summed E-state index contributed by atoms with van der Waals surface area (Å²) in [5.74, 6) is 0. The predicted molar refractivity (Wildman–Crippen MR) is 89.3 cm³/mol. The minimum Gasteiger partial charge on any atom is -0.491 e. The maximum atomic E-state index is 2.46. The maximum Gasteiger partial charge on any atom is -0.0396 e. The van der Waals surface area contributed by atoms with E-state index in [1.54, 1.807) is 19.4 Å². The van der Waals surface area contributed by atoms with Crippen molar-refractivity contribution in [3.05, 3.63) is 22.3 Å². The lowest BCUT2D eigenvalue weighted by Gasteiger charge is -2.52. The Balaban J connectivity index is 3.10. The second-order valence-corrected chi connectivity index (χ2v) is 12.1. The van der Waals surface area contributed by atoms with Gasteiger partial charge in [0.05, 0.1) is 0 Å². The first-order chi connectivity index (χ1) is 8.12. The minimum atomic E-state index is 0.0742. The highest BCUT2D eigenvalue weighted by atomic mass is 32.0. The molecule has 0 nitrogen and oxygen atoms in total. The van der Waals surface area contributed by atoms with E-state index in [4.69, 9.17) is 0 Å². The molecule has 0 unspecified atom stereocenters. The molecule has 0 aromatic rings. The van der Waals surface area contributed by atoms with Gasteiger partial charge in [-0.05, 0) is 27.7 Å². The summed E-state index contributed by atoms with van der Waals surface area (Å²) in [7, 11) is 1.73. The molecular weight excluding hydrogens is 254 g/mol. The van der Waals surface area contributed by atoms with Crippen molar-refractivity contribution < 1.29 is 0 Å². The Morgan fingerprint density at radius 1 is 0.833 bits per heavy atom. The molecule has 0 atom stereocenters. The summed E-state index contributed by atoms with van der Waals surface area (Å²) < 4.78 is 0. The quantitative estimate of drug-likeness (QED) is 0.510. The molecule has 0 aromatic heterocycles. The zero-order chi connectivity index (χ0) is 14.2. The van der Waals surface area contributed by atoms with E-state index >= 15 is 0 Å². The van der Waals surface area contributed by atoms with Crippen LogP contribution >= 0.6 is 15.9 Å². The SMILES string of the molecule is CC1=C(C)C(C)([P-]P(C(C)C)C(C)C)C(C)=C1C. The lowest BCUT2D eigenvalue weighted by atomic mass is 9.98. The van der Waals surface area contributed by atoms with Gasteiger partial charge < -0.3 is 8.27 Å². The predicted octanol–water partition coefficient (Wildman–Crippen LogP) is 6.59. The monoisotopic (exact) mass is 283 g/mol. The fraction of sp³-hybridized carbons (Fsp3) is 0.750. The Morgan fingerprint density at radius 2 is 1.17 bits per heavy atom. The van der Waals surface area contributed by atoms with E-state index < -0.39 is 0 Å². The molecular formula is C16H29P2-. The van der Waals surface area contributed by atoms with Gasteiger partial charge in [0, 0.05) is 0 Å². The van der Waals surface area contributed by atoms with Crippen molar-refractivity contribution in [3.8, 4) is 0 Å². The van der Waals surface area contributed by atoms with Crippen molar-refractivity contribution >= 4 is 15.9 Å². The van der Waals surface area contributed by atoms with Crippen LogP contribution < -0.4 is 0 Å². The largest absolute Gasteiger partial charge is 0.491 e. The van der Waals surface area contributed by atoms with E-state index in [0.29, 0.717) is 5.16 Å². The molecule has 0 aliphatic heterocycles. The molecule has 0 bridgehead atoms. The molecule has 0 fully saturated rings. The fourth-order valence-electron chi connectivity index (χ4n) is 2.78. The normalized spacial score (nSPS) is 20.7. The summed E-state index contributed by atoms with van der Waals surface area (Å²) in [6.45, 7) is 21.3. The average molecular weight is 283 g/mol. The van der Waals surface area contributed by atoms with E-state index in [-0.39, 0.29) is 7.61 Å². The second kappa shape index (κ2) is 5.76. The Hall–Kier alpha value is 0.340. The van der Waals surface area contributed by atoms with Gasteiger partial charge in [0.25, 0.3) is 0 Å². The fourth-order valence-corrected chi connectivity index (χ4v) is 9.21. The molecule has 0 aromatic carbocycles. The van der Waals surface area contributed by atoms with Crippen molar-refractivity contribution in [3.63, 3.8) is 0 Å². The van der Waals surface area contributed by atoms with Gasteiger partial charge in [0.2, 0.25) is 0 Å². The van der Waals surface area contributed by atoms with Gasteiger partial charge in [0.1, 0.15) is 0 Å². The highest BCUT2D eigenvalue weighted by molar-refractivity contribution is 8.22. The number of hydrogen-bond acceptors (Lipinski definition) is 0. The van der Waals surface area contributed by atoms with Crippen LogP contribution in [-0.2, 0) is 0 Å². The zero-order valence-electron chi connectivity index (χ0n) is 13.5. The lowest BCUT2D eigenvalue weighted by Crippen LogP contribution is -2.20. The molecule has 104 valence electrons. The topological polar surface area (TPSA) is 0 Å². The van der Waals surface area contributed by atoms with E-state index in [0.717, 1.165) is 11.3 Å². The molecule has 0 saturated heterocycles. The third-order valence-electron chi connectivity index (χ3n) is 4.52. The van der Waals surface area contributed by atoms with Crippen LogP contribution in [-0.4, -0.2) is 16.5 Å². The van der Waals surface area contributed by atoms with Crippen LogP contribution in [0.5, 0.6) is 0 Å². The number of allylic oxidation sites excluding steroid dienone is 4. The summed E-state index contributed by atoms with van der Waals surface area (Å²) >= 11 is 0. The van der Waals surface area contributed by atoms with Crippen molar-refractivity contribution in [2.24, 2.45) is 0 Å². The molecule has 0 radical (unpaired) electrons. The van der Waals surface area contributed by atoms with Crippen LogP contribution in [0.1, 0.15) is 62.3 Å². The Labute approximate surface area is 117 Å². The molecule has 0 spiro atoms. The Bertz CT molecular complexity index is 354. The summed E-state index contributed by atoms with van der Waals surface area (Å²) in [5, 5.41) is 0.300. The van der Waals surface area contributed by atoms with Gasteiger partial charge in [0.15, 0.2) is 0 Å². The first-order valence-electron chi connectivity index (χ1n) is 7.00. The summed E-state index contributed by atoms with van der Waals surface area (Å²) in [4.78, 5) is 0. The third kappa shape index (κ3) is 2.76. The van der Waals surface area contributed by atoms with Gasteiger partial charge in [-0.3, -0.25) is 7.61 Å². The minimum absolute atomic E-state index is 0.0742. The first kappa shape index (κ1) is 16.4. The van der Waals surface area contributed by atoms with Crippen LogP contribution in [0.3, 0.4) is 0 Å². The van der Waals surface area contributed by atoms with E-state index in [1.807, 2.05) is 0 Å². The Morgan fingerprint density at radius 3 is 1.44 bits per heavy atom.